The maximum atomic E-state index is 2.47. The van der Waals surface area contributed by atoms with Gasteiger partial charge in [-0.2, -0.15) is 0 Å². The molecule has 0 amide bonds. The van der Waals surface area contributed by atoms with Gasteiger partial charge in [0.15, 0.2) is 0 Å². The minimum atomic E-state index is 0.534. The Labute approximate surface area is 184 Å². The lowest BCUT2D eigenvalue weighted by atomic mass is 9.89. The Morgan fingerprint density at radius 1 is 0.759 bits per heavy atom. The van der Waals surface area contributed by atoms with Crippen molar-refractivity contribution in [1.82, 2.24) is 0 Å². The van der Waals surface area contributed by atoms with Gasteiger partial charge in [-0.25, -0.2) is 0 Å². The fourth-order valence-corrected chi connectivity index (χ4v) is 5.34. The van der Waals surface area contributed by atoms with Crippen molar-refractivity contribution < 1.29 is 0 Å². The summed E-state index contributed by atoms with van der Waals surface area (Å²) in [4.78, 5) is 2.95. The van der Waals surface area contributed by atoms with Gasteiger partial charge in [0.1, 0.15) is 0 Å². The fraction of sp³-hybridized carbons (Fsp3) is 0.571. The van der Waals surface area contributed by atoms with Crippen LogP contribution in [0.3, 0.4) is 0 Å². The Kier molecular flexibility index (Phi) is 9.34. The van der Waals surface area contributed by atoms with E-state index in [1.807, 2.05) is 11.8 Å². The van der Waals surface area contributed by atoms with Crippen molar-refractivity contribution in [2.45, 2.75) is 115 Å². The zero-order valence-corrected chi connectivity index (χ0v) is 20.9. The number of aryl methyl sites for hydroxylation is 2. The van der Waals surface area contributed by atoms with Gasteiger partial charge in [0, 0.05) is 9.79 Å². The average Bonchev–Trinajstić information content (AvgIpc) is 2.66. The Hall–Kier alpha value is -1.21. The second-order valence-corrected chi connectivity index (χ2v) is 10.6. The van der Waals surface area contributed by atoms with Crippen LogP contribution in [0.2, 0.25) is 0 Å². The van der Waals surface area contributed by atoms with Crippen molar-refractivity contribution in [3.05, 3.63) is 58.1 Å². The van der Waals surface area contributed by atoms with Gasteiger partial charge in [-0.3, -0.25) is 0 Å². The molecule has 0 saturated carbocycles. The van der Waals surface area contributed by atoms with E-state index in [9.17, 15) is 0 Å². The Balaban J connectivity index is 2.47. The van der Waals surface area contributed by atoms with E-state index >= 15 is 0 Å². The summed E-state index contributed by atoms with van der Waals surface area (Å²) in [6.45, 7) is 18.5. The van der Waals surface area contributed by atoms with Crippen molar-refractivity contribution in [3.63, 3.8) is 0 Å². The highest BCUT2D eigenvalue weighted by molar-refractivity contribution is 7.99. The number of hydrogen-bond acceptors (Lipinski definition) is 1. The third kappa shape index (κ3) is 6.64. The second-order valence-electron chi connectivity index (χ2n) is 9.52. The van der Waals surface area contributed by atoms with Crippen LogP contribution >= 0.6 is 11.8 Å². The van der Waals surface area contributed by atoms with Crippen LogP contribution in [0.15, 0.2) is 40.1 Å². The largest absolute Gasteiger partial charge is 0.0892 e. The van der Waals surface area contributed by atoms with E-state index in [4.69, 9.17) is 0 Å². The average molecular weight is 411 g/mol. The minimum absolute atomic E-state index is 0.534. The summed E-state index contributed by atoms with van der Waals surface area (Å²) < 4.78 is 0. The van der Waals surface area contributed by atoms with Crippen molar-refractivity contribution in [1.29, 1.82) is 0 Å². The molecule has 0 aliphatic heterocycles. The van der Waals surface area contributed by atoms with Gasteiger partial charge in [0.05, 0.1) is 0 Å². The van der Waals surface area contributed by atoms with E-state index in [0.29, 0.717) is 17.8 Å². The molecule has 0 aliphatic carbocycles. The predicted octanol–water partition coefficient (Wildman–Crippen LogP) is 9.64. The standard InChI is InChI=1S/C28H42S/c1-9-10-11-12-13-23-16-22(8)14-15-27(23)29-28-25(20(4)5)17-24(19(2)3)18-26(28)21(6)7/h14-21H,9-13H2,1-8H3. The molecule has 160 valence electrons. The van der Waals surface area contributed by atoms with Crippen LogP contribution < -0.4 is 0 Å². The first kappa shape index (κ1) is 24.1. The molecule has 0 heterocycles. The van der Waals surface area contributed by atoms with Gasteiger partial charge in [-0.15, -0.1) is 0 Å². The highest BCUT2D eigenvalue weighted by Gasteiger charge is 2.19. The second kappa shape index (κ2) is 11.3. The molecule has 29 heavy (non-hydrogen) atoms. The van der Waals surface area contributed by atoms with Crippen LogP contribution in [0.25, 0.3) is 0 Å². The molecule has 2 rings (SSSR count). The van der Waals surface area contributed by atoms with Crippen LogP contribution in [0, 0.1) is 6.92 Å². The lowest BCUT2D eigenvalue weighted by Gasteiger charge is -2.23. The van der Waals surface area contributed by atoms with Crippen LogP contribution in [0.4, 0.5) is 0 Å². The Morgan fingerprint density at radius 2 is 1.38 bits per heavy atom. The molecular formula is C28H42S. The van der Waals surface area contributed by atoms with Crippen LogP contribution in [0.5, 0.6) is 0 Å². The van der Waals surface area contributed by atoms with E-state index in [2.05, 4.69) is 85.7 Å². The summed E-state index contributed by atoms with van der Waals surface area (Å²) in [5.41, 5.74) is 7.42. The Morgan fingerprint density at radius 3 is 1.90 bits per heavy atom. The molecule has 0 saturated heterocycles. The zero-order chi connectivity index (χ0) is 21.6. The molecule has 0 atom stereocenters. The molecular weight excluding hydrogens is 368 g/mol. The topological polar surface area (TPSA) is 0 Å². The minimum Gasteiger partial charge on any atom is -0.0892 e. The molecule has 0 unspecified atom stereocenters. The van der Waals surface area contributed by atoms with E-state index in [1.54, 1.807) is 0 Å². The molecule has 0 fully saturated rings. The van der Waals surface area contributed by atoms with Crippen molar-refractivity contribution in [2.75, 3.05) is 0 Å². The lowest BCUT2D eigenvalue weighted by molar-refractivity contribution is 0.663. The molecule has 0 spiro atoms. The summed E-state index contributed by atoms with van der Waals surface area (Å²) in [6.07, 6.45) is 6.48. The van der Waals surface area contributed by atoms with Crippen LogP contribution in [-0.2, 0) is 6.42 Å². The zero-order valence-electron chi connectivity index (χ0n) is 20.1. The van der Waals surface area contributed by atoms with E-state index in [-0.39, 0.29) is 0 Å². The molecule has 2 aromatic carbocycles. The number of benzene rings is 2. The molecule has 0 aliphatic rings. The molecule has 2 aromatic rings. The monoisotopic (exact) mass is 410 g/mol. The summed E-state index contributed by atoms with van der Waals surface area (Å²) >= 11 is 2.02. The quantitative estimate of drug-likeness (QED) is 0.351. The third-order valence-corrected chi connectivity index (χ3v) is 7.10. The van der Waals surface area contributed by atoms with E-state index in [1.165, 1.54) is 69.7 Å². The molecule has 0 N–H and O–H groups in total. The maximum Gasteiger partial charge on any atom is 0.0191 e. The van der Waals surface area contributed by atoms with Gasteiger partial charge in [0.25, 0.3) is 0 Å². The van der Waals surface area contributed by atoms with Crippen molar-refractivity contribution in [3.8, 4) is 0 Å². The maximum absolute atomic E-state index is 2.47. The third-order valence-electron chi connectivity index (χ3n) is 5.81. The first-order valence-corrected chi connectivity index (χ1v) is 12.5. The van der Waals surface area contributed by atoms with E-state index < -0.39 is 0 Å². The molecule has 0 radical (unpaired) electrons. The van der Waals surface area contributed by atoms with Gasteiger partial charge >= 0.3 is 0 Å². The van der Waals surface area contributed by atoms with Crippen LogP contribution in [0.1, 0.15) is 120 Å². The summed E-state index contributed by atoms with van der Waals surface area (Å²) in [5, 5.41) is 0. The smallest absolute Gasteiger partial charge is 0.0191 e. The number of rotatable bonds is 10. The lowest BCUT2D eigenvalue weighted by Crippen LogP contribution is -2.03. The van der Waals surface area contributed by atoms with Crippen LogP contribution in [-0.4, -0.2) is 0 Å². The SMILES string of the molecule is CCCCCCc1cc(C)ccc1Sc1c(C(C)C)cc(C(C)C)cc1C(C)C. The first-order valence-electron chi connectivity index (χ1n) is 11.7. The first-order chi connectivity index (χ1) is 13.7. The van der Waals surface area contributed by atoms with Crippen molar-refractivity contribution in [2.24, 2.45) is 0 Å². The highest BCUT2D eigenvalue weighted by atomic mass is 32.2. The van der Waals surface area contributed by atoms with E-state index in [0.717, 1.165) is 0 Å². The fourth-order valence-electron chi connectivity index (χ4n) is 3.86. The van der Waals surface area contributed by atoms with Gasteiger partial charge in [0.2, 0.25) is 0 Å². The number of hydrogen-bond donors (Lipinski definition) is 0. The molecule has 0 nitrogen and oxygen atoms in total. The summed E-state index contributed by atoms with van der Waals surface area (Å²) in [7, 11) is 0. The van der Waals surface area contributed by atoms with Crippen molar-refractivity contribution >= 4 is 11.8 Å². The molecule has 0 aromatic heterocycles. The summed E-state index contributed by atoms with van der Waals surface area (Å²) in [5.74, 6) is 1.64. The van der Waals surface area contributed by atoms with Gasteiger partial charge < -0.3 is 0 Å². The normalized spacial score (nSPS) is 11.8. The Bertz CT molecular complexity index is 754. The van der Waals surface area contributed by atoms with Gasteiger partial charge in [-0.1, -0.05) is 109 Å². The summed E-state index contributed by atoms with van der Waals surface area (Å²) in [6, 6.07) is 12.0. The van der Waals surface area contributed by atoms with Gasteiger partial charge in [-0.05, 0) is 65.8 Å². The predicted molar refractivity (Wildman–Crippen MR) is 132 cm³/mol. The molecule has 1 heteroatoms. The highest BCUT2D eigenvalue weighted by Crippen LogP contribution is 2.42. The number of unbranched alkanes of at least 4 members (excludes halogenated alkanes) is 3. The molecule has 0 bridgehead atoms.